The number of carbonyl (C=O) groups is 2. The number of aromatic amines is 1. The molecule has 104 valence electrons. The molecule has 0 aromatic carbocycles. The second kappa shape index (κ2) is 6.50. The van der Waals surface area contributed by atoms with Gasteiger partial charge in [-0.1, -0.05) is 0 Å². The number of methoxy groups -OCH3 is 1. The van der Waals surface area contributed by atoms with Gasteiger partial charge in [-0.15, -0.1) is 0 Å². The van der Waals surface area contributed by atoms with Crippen LogP contribution in [-0.2, 0) is 20.9 Å². The van der Waals surface area contributed by atoms with E-state index in [-0.39, 0.29) is 6.54 Å². The number of carboxylic acid groups (broad SMARTS) is 1. The van der Waals surface area contributed by atoms with E-state index in [0.717, 1.165) is 16.8 Å². The van der Waals surface area contributed by atoms with Crippen LogP contribution in [0, 0.1) is 0 Å². The number of nitrogens with zero attached hydrogens (tertiary/aromatic N) is 1. The second-order valence-corrected chi connectivity index (χ2v) is 3.60. The summed E-state index contributed by atoms with van der Waals surface area (Å²) >= 11 is 0. The molecule has 0 spiro atoms. The number of hydrogen-bond donors (Lipinski definition) is 3. The first-order valence-corrected chi connectivity index (χ1v) is 5.26. The smallest absolute Gasteiger partial charge is 0.334 e. The Kier molecular flexibility index (Phi) is 5.01. The van der Waals surface area contributed by atoms with Gasteiger partial charge >= 0.3 is 5.97 Å². The lowest BCUT2D eigenvalue weighted by molar-refractivity contribution is -0.148. The summed E-state index contributed by atoms with van der Waals surface area (Å²) in [6, 6.07) is 2.07. The first kappa shape index (κ1) is 14.6. The van der Waals surface area contributed by atoms with Crippen LogP contribution in [0.2, 0.25) is 0 Å². The number of aliphatic carboxylic acids is 1. The maximum absolute atomic E-state index is 11.5. The summed E-state index contributed by atoms with van der Waals surface area (Å²) in [6.45, 7) is -0.651. The van der Waals surface area contributed by atoms with Crippen molar-refractivity contribution in [3.8, 4) is 0 Å². The molecule has 1 amide bonds. The molecule has 19 heavy (non-hydrogen) atoms. The van der Waals surface area contributed by atoms with E-state index >= 15 is 0 Å². The van der Waals surface area contributed by atoms with Crippen molar-refractivity contribution in [2.24, 2.45) is 0 Å². The molecule has 9 heteroatoms. The molecule has 3 N–H and O–H groups in total. The third-order valence-electron chi connectivity index (χ3n) is 2.23. The predicted molar refractivity (Wildman–Crippen MR) is 62.8 cm³/mol. The van der Waals surface area contributed by atoms with E-state index in [4.69, 9.17) is 5.11 Å². The summed E-state index contributed by atoms with van der Waals surface area (Å²) in [5.41, 5.74) is -1.07. The number of amides is 1. The van der Waals surface area contributed by atoms with Crippen LogP contribution in [0.4, 0.5) is 0 Å². The minimum absolute atomic E-state index is 0.240. The van der Waals surface area contributed by atoms with Gasteiger partial charge in [-0.2, -0.15) is 0 Å². The molecule has 0 aliphatic carbocycles. The fourth-order valence-corrected chi connectivity index (χ4v) is 1.26. The Labute approximate surface area is 106 Å². The van der Waals surface area contributed by atoms with E-state index in [1.165, 1.54) is 7.11 Å². The van der Waals surface area contributed by atoms with Crippen molar-refractivity contribution < 1.29 is 19.4 Å². The van der Waals surface area contributed by atoms with E-state index in [9.17, 15) is 19.2 Å². The Hall–Kier alpha value is -2.42. The Balaban J connectivity index is 2.61. The lowest BCUT2D eigenvalue weighted by Crippen LogP contribution is -2.41. The molecular weight excluding hydrogens is 258 g/mol. The molecule has 0 aliphatic heterocycles. The molecule has 1 aromatic rings. The number of hydrogen-bond acceptors (Lipinski definition) is 5. The average Bonchev–Trinajstić information content (AvgIpc) is 2.34. The molecule has 0 aliphatic rings. The highest BCUT2D eigenvalue weighted by Gasteiger charge is 2.17. The van der Waals surface area contributed by atoms with E-state index in [2.05, 4.69) is 15.2 Å². The zero-order valence-corrected chi connectivity index (χ0v) is 10.1. The molecule has 0 bridgehead atoms. The van der Waals surface area contributed by atoms with Crippen molar-refractivity contribution in [3.05, 3.63) is 32.8 Å². The van der Waals surface area contributed by atoms with Gasteiger partial charge in [0, 0.05) is 19.2 Å². The third kappa shape index (κ3) is 4.39. The fourth-order valence-electron chi connectivity index (χ4n) is 1.26. The highest BCUT2D eigenvalue weighted by molar-refractivity contribution is 5.77. The third-order valence-corrected chi connectivity index (χ3v) is 2.23. The lowest BCUT2D eigenvalue weighted by Gasteiger charge is -2.11. The molecule has 1 rings (SSSR count). The van der Waals surface area contributed by atoms with Gasteiger partial charge in [-0.3, -0.25) is 19.5 Å². The molecule has 0 saturated heterocycles. The fraction of sp³-hybridized carbons (Fsp3) is 0.400. The van der Waals surface area contributed by atoms with Crippen LogP contribution in [0.15, 0.2) is 21.7 Å². The molecule has 0 radical (unpaired) electrons. The van der Waals surface area contributed by atoms with Crippen molar-refractivity contribution >= 4 is 11.9 Å². The number of ether oxygens (including phenoxy) is 1. The summed E-state index contributed by atoms with van der Waals surface area (Å²) in [5.74, 6) is -1.83. The standard InChI is InChI=1S/C10H13N3O6/c1-19-6(10(17)18)4-11-8(15)5-13-9(16)3-2-7(14)12-13/h2-3,6H,4-5H2,1H3,(H,11,15)(H,12,14)(H,17,18). The quantitative estimate of drug-likeness (QED) is 0.536. The molecule has 0 fully saturated rings. The molecule has 9 nitrogen and oxygen atoms in total. The summed E-state index contributed by atoms with van der Waals surface area (Å²) in [5, 5.41) is 13.1. The Bertz CT molecular complexity index is 575. The van der Waals surface area contributed by atoms with E-state index < -0.39 is 35.6 Å². The number of rotatable bonds is 6. The minimum Gasteiger partial charge on any atom is -0.479 e. The topological polar surface area (TPSA) is 130 Å². The molecule has 1 atom stereocenters. The highest BCUT2D eigenvalue weighted by Crippen LogP contribution is 1.87. The SMILES string of the molecule is COC(CNC(=O)Cn1[nH]c(=O)ccc1=O)C(=O)O. The van der Waals surface area contributed by atoms with Crippen LogP contribution in [-0.4, -0.2) is 46.5 Å². The van der Waals surface area contributed by atoms with Gasteiger partial charge in [0.1, 0.15) is 6.54 Å². The minimum atomic E-state index is -1.21. The number of nitrogens with one attached hydrogen (secondary N) is 2. The first-order chi connectivity index (χ1) is 8.93. The zero-order chi connectivity index (χ0) is 14.4. The van der Waals surface area contributed by atoms with Gasteiger partial charge in [-0.25, -0.2) is 9.48 Å². The monoisotopic (exact) mass is 271 g/mol. The molecule has 1 unspecified atom stereocenters. The van der Waals surface area contributed by atoms with Gasteiger partial charge in [-0.05, 0) is 0 Å². The van der Waals surface area contributed by atoms with Crippen LogP contribution in [0.1, 0.15) is 0 Å². The second-order valence-electron chi connectivity index (χ2n) is 3.60. The van der Waals surface area contributed by atoms with Gasteiger partial charge in [0.05, 0.1) is 6.54 Å². The number of H-pyrrole nitrogens is 1. The molecule has 0 saturated carbocycles. The van der Waals surface area contributed by atoms with Crippen molar-refractivity contribution in [3.63, 3.8) is 0 Å². The summed E-state index contributed by atoms with van der Waals surface area (Å²) in [7, 11) is 1.20. The molecule has 1 aromatic heterocycles. The predicted octanol–water partition coefficient (Wildman–Crippen LogP) is -2.25. The van der Waals surface area contributed by atoms with Gasteiger partial charge in [0.25, 0.3) is 11.1 Å². The summed E-state index contributed by atoms with van der Waals surface area (Å²) in [4.78, 5) is 44.4. The highest BCUT2D eigenvalue weighted by atomic mass is 16.5. The van der Waals surface area contributed by atoms with Crippen LogP contribution >= 0.6 is 0 Å². The van der Waals surface area contributed by atoms with Gasteiger partial charge in [0.2, 0.25) is 5.91 Å². The van der Waals surface area contributed by atoms with E-state index in [1.807, 2.05) is 0 Å². The van der Waals surface area contributed by atoms with Crippen molar-refractivity contribution in [1.82, 2.24) is 15.1 Å². The summed E-state index contributed by atoms with van der Waals surface area (Å²) < 4.78 is 5.43. The van der Waals surface area contributed by atoms with Crippen molar-refractivity contribution in [2.45, 2.75) is 12.6 Å². The van der Waals surface area contributed by atoms with E-state index in [1.54, 1.807) is 0 Å². The van der Waals surface area contributed by atoms with Gasteiger partial charge in [0.15, 0.2) is 6.10 Å². The van der Waals surface area contributed by atoms with Crippen molar-refractivity contribution in [1.29, 1.82) is 0 Å². The van der Waals surface area contributed by atoms with Gasteiger partial charge < -0.3 is 15.2 Å². The van der Waals surface area contributed by atoms with Crippen molar-refractivity contribution in [2.75, 3.05) is 13.7 Å². The largest absolute Gasteiger partial charge is 0.479 e. The normalized spacial score (nSPS) is 11.8. The Morgan fingerprint density at radius 3 is 2.74 bits per heavy atom. The maximum Gasteiger partial charge on any atom is 0.334 e. The number of carboxylic acids is 1. The maximum atomic E-state index is 11.5. The Morgan fingerprint density at radius 2 is 2.16 bits per heavy atom. The van der Waals surface area contributed by atoms with Crippen LogP contribution in [0.3, 0.4) is 0 Å². The number of carbonyl (C=O) groups excluding carboxylic acids is 1. The zero-order valence-electron chi connectivity index (χ0n) is 10.1. The van der Waals surface area contributed by atoms with Crippen LogP contribution in [0.5, 0.6) is 0 Å². The average molecular weight is 271 g/mol. The summed E-state index contributed by atoms with van der Waals surface area (Å²) in [6.07, 6.45) is -1.17. The molecular formula is C10H13N3O6. The first-order valence-electron chi connectivity index (χ1n) is 5.26. The van der Waals surface area contributed by atoms with E-state index in [0.29, 0.717) is 0 Å². The lowest BCUT2D eigenvalue weighted by atomic mass is 10.3. The molecule has 1 heterocycles. The Morgan fingerprint density at radius 1 is 1.47 bits per heavy atom. The number of aromatic nitrogens is 2. The van der Waals surface area contributed by atoms with Crippen LogP contribution in [0.25, 0.3) is 0 Å². The van der Waals surface area contributed by atoms with Crippen LogP contribution < -0.4 is 16.4 Å².